The fraction of sp³-hybridized carbons (Fsp3) is 0.160. The number of fused-ring (bicyclic) bond motifs is 1. The van der Waals surface area contributed by atoms with Crippen LogP contribution < -0.4 is 4.74 Å². The molecule has 2 aromatic carbocycles. The predicted octanol–water partition coefficient (Wildman–Crippen LogP) is 5.13. The normalized spacial score (nSPS) is 15.7. The van der Waals surface area contributed by atoms with Gasteiger partial charge in [-0.1, -0.05) is 12.6 Å². The van der Waals surface area contributed by atoms with E-state index in [0.29, 0.717) is 18.8 Å². The SMILES string of the molecule is C=CC(=O)N1CCC(n2nc(-c3ccc(Oc4cccc(F)c4F)cc3)c3cnccc32)C1. The van der Waals surface area contributed by atoms with Crippen LogP contribution in [0.5, 0.6) is 11.5 Å². The van der Waals surface area contributed by atoms with Crippen molar-refractivity contribution in [2.24, 2.45) is 0 Å². The maximum Gasteiger partial charge on any atom is 0.246 e. The molecule has 33 heavy (non-hydrogen) atoms. The zero-order valence-electron chi connectivity index (χ0n) is 17.6. The molecule has 1 atom stereocenters. The van der Waals surface area contributed by atoms with Gasteiger partial charge in [0.05, 0.1) is 11.6 Å². The van der Waals surface area contributed by atoms with Gasteiger partial charge in [-0.3, -0.25) is 14.5 Å². The summed E-state index contributed by atoms with van der Waals surface area (Å²) in [5.74, 6) is -1.88. The summed E-state index contributed by atoms with van der Waals surface area (Å²) in [4.78, 5) is 18.0. The number of amides is 1. The van der Waals surface area contributed by atoms with Gasteiger partial charge in [0.1, 0.15) is 11.4 Å². The second kappa shape index (κ2) is 8.46. The van der Waals surface area contributed by atoms with Crippen molar-refractivity contribution in [3.63, 3.8) is 0 Å². The smallest absolute Gasteiger partial charge is 0.246 e. The van der Waals surface area contributed by atoms with Crippen LogP contribution in [0.4, 0.5) is 8.78 Å². The van der Waals surface area contributed by atoms with Gasteiger partial charge in [-0.05, 0) is 55.0 Å². The van der Waals surface area contributed by atoms with Gasteiger partial charge in [-0.25, -0.2) is 4.39 Å². The molecule has 4 aromatic rings. The highest BCUT2D eigenvalue weighted by Gasteiger charge is 2.28. The van der Waals surface area contributed by atoms with E-state index >= 15 is 0 Å². The zero-order valence-corrected chi connectivity index (χ0v) is 17.6. The van der Waals surface area contributed by atoms with Crippen molar-refractivity contribution in [2.75, 3.05) is 13.1 Å². The molecular formula is C25H20F2N4O2. The molecule has 8 heteroatoms. The number of hydrogen-bond donors (Lipinski definition) is 0. The van der Waals surface area contributed by atoms with E-state index in [-0.39, 0.29) is 17.7 Å². The summed E-state index contributed by atoms with van der Waals surface area (Å²) in [5, 5.41) is 5.75. The largest absolute Gasteiger partial charge is 0.454 e. The van der Waals surface area contributed by atoms with Crippen LogP contribution in [-0.2, 0) is 4.79 Å². The van der Waals surface area contributed by atoms with Crippen molar-refractivity contribution in [3.8, 4) is 22.8 Å². The minimum Gasteiger partial charge on any atom is -0.454 e. The van der Waals surface area contributed by atoms with Gasteiger partial charge < -0.3 is 9.64 Å². The Hall–Kier alpha value is -4.07. The highest BCUT2D eigenvalue weighted by Crippen LogP contribution is 2.34. The molecule has 1 aliphatic heterocycles. The van der Waals surface area contributed by atoms with E-state index in [4.69, 9.17) is 9.84 Å². The van der Waals surface area contributed by atoms with Crippen molar-refractivity contribution < 1.29 is 18.3 Å². The average molecular weight is 446 g/mol. The quantitative estimate of drug-likeness (QED) is 0.399. The Kier molecular flexibility index (Phi) is 5.34. The first-order valence-electron chi connectivity index (χ1n) is 10.5. The molecular weight excluding hydrogens is 426 g/mol. The van der Waals surface area contributed by atoms with E-state index < -0.39 is 11.6 Å². The molecule has 0 bridgehead atoms. The van der Waals surface area contributed by atoms with Crippen molar-refractivity contribution in [1.29, 1.82) is 0 Å². The van der Waals surface area contributed by atoms with Gasteiger partial charge in [0.25, 0.3) is 0 Å². The Labute approximate surface area is 188 Å². The van der Waals surface area contributed by atoms with E-state index in [2.05, 4.69) is 11.6 Å². The number of carbonyl (C=O) groups excluding carboxylic acids is 1. The number of benzene rings is 2. The lowest BCUT2D eigenvalue weighted by molar-refractivity contribution is -0.125. The summed E-state index contributed by atoms with van der Waals surface area (Å²) in [6, 6.07) is 12.7. The molecule has 1 amide bonds. The fourth-order valence-corrected chi connectivity index (χ4v) is 4.12. The highest BCUT2D eigenvalue weighted by atomic mass is 19.2. The summed E-state index contributed by atoms with van der Waals surface area (Å²) in [6.07, 6.45) is 5.61. The summed E-state index contributed by atoms with van der Waals surface area (Å²) in [5.41, 5.74) is 2.51. The number of nitrogens with zero attached hydrogens (tertiary/aromatic N) is 4. The predicted molar refractivity (Wildman–Crippen MR) is 120 cm³/mol. The molecule has 3 heterocycles. The average Bonchev–Trinajstić information content (AvgIpc) is 3.47. The number of hydrogen-bond acceptors (Lipinski definition) is 4. The maximum absolute atomic E-state index is 13.9. The van der Waals surface area contributed by atoms with Gasteiger partial charge >= 0.3 is 0 Å². The number of likely N-dealkylation sites (tertiary alicyclic amines) is 1. The van der Waals surface area contributed by atoms with Crippen molar-refractivity contribution in [2.45, 2.75) is 12.5 Å². The monoisotopic (exact) mass is 446 g/mol. The molecule has 0 N–H and O–H groups in total. The first-order valence-corrected chi connectivity index (χ1v) is 10.5. The molecule has 0 saturated carbocycles. The summed E-state index contributed by atoms with van der Waals surface area (Å²) in [6.45, 7) is 4.79. The van der Waals surface area contributed by atoms with E-state index in [1.165, 1.54) is 18.2 Å². The Bertz CT molecular complexity index is 1350. The fourth-order valence-electron chi connectivity index (χ4n) is 4.12. The van der Waals surface area contributed by atoms with Gasteiger partial charge in [0.2, 0.25) is 11.7 Å². The Morgan fingerprint density at radius 3 is 2.76 bits per heavy atom. The number of rotatable bonds is 5. The molecule has 6 nitrogen and oxygen atoms in total. The van der Waals surface area contributed by atoms with Crippen LogP contribution >= 0.6 is 0 Å². The van der Waals surface area contributed by atoms with Crippen LogP contribution in [0.15, 0.2) is 73.6 Å². The molecule has 0 radical (unpaired) electrons. The van der Waals surface area contributed by atoms with Gasteiger partial charge in [0, 0.05) is 36.4 Å². The van der Waals surface area contributed by atoms with E-state index in [0.717, 1.165) is 34.6 Å². The molecule has 1 fully saturated rings. The summed E-state index contributed by atoms with van der Waals surface area (Å²) < 4.78 is 34.8. The standard InChI is InChI=1S/C25H20F2N4O2/c1-2-23(32)30-13-11-17(15-30)31-21-10-12-28-14-19(21)25(29-31)16-6-8-18(9-7-16)33-22-5-3-4-20(26)24(22)27/h2-10,12,14,17H,1,11,13,15H2. The van der Waals surface area contributed by atoms with Crippen LogP contribution in [0.2, 0.25) is 0 Å². The molecule has 0 spiro atoms. The number of ether oxygens (including phenoxy) is 1. The maximum atomic E-state index is 13.9. The van der Waals surface area contributed by atoms with Crippen LogP contribution in [0, 0.1) is 11.6 Å². The Morgan fingerprint density at radius 2 is 1.97 bits per heavy atom. The Morgan fingerprint density at radius 1 is 1.15 bits per heavy atom. The summed E-state index contributed by atoms with van der Waals surface area (Å²) in [7, 11) is 0. The first-order chi connectivity index (χ1) is 16.0. The molecule has 2 aromatic heterocycles. The molecule has 1 aliphatic rings. The van der Waals surface area contributed by atoms with Crippen molar-refractivity contribution in [1.82, 2.24) is 19.7 Å². The lowest BCUT2D eigenvalue weighted by atomic mass is 10.1. The van der Waals surface area contributed by atoms with E-state index in [1.807, 2.05) is 22.9 Å². The third-order valence-corrected chi connectivity index (χ3v) is 5.78. The zero-order chi connectivity index (χ0) is 22.9. The third-order valence-electron chi connectivity index (χ3n) is 5.78. The van der Waals surface area contributed by atoms with E-state index in [9.17, 15) is 13.6 Å². The molecule has 1 saturated heterocycles. The van der Waals surface area contributed by atoms with Crippen LogP contribution in [0.25, 0.3) is 22.2 Å². The minimum absolute atomic E-state index is 0.0473. The number of aromatic nitrogens is 3. The van der Waals surface area contributed by atoms with Crippen molar-refractivity contribution in [3.05, 3.63) is 85.2 Å². The van der Waals surface area contributed by atoms with Gasteiger partial charge in [-0.2, -0.15) is 9.49 Å². The molecule has 1 unspecified atom stereocenters. The molecule has 0 aliphatic carbocycles. The minimum atomic E-state index is -1.03. The van der Waals surface area contributed by atoms with Crippen LogP contribution in [0.3, 0.4) is 0 Å². The van der Waals surface area contributed by atoms with Crippen LogP contribution in [0.1, 0.15) is 12.5 Å². The summed E-state index contributed by atoms with van der Waals surface area (Å²) >= 11 is 0. The van der Waals surface area contributed by atoms with Crippen molar-refractivity contribution >= 4 is 16.8 Å². The second-order valence-electron chi connectivity index (χ2n) is 7.80. The Balaban J connectivity index is 1.45. The number of carbonyl (C=O) groups is 1. The highest BCUT2D eigenvalue weighted by molar-refractivity contribution is 5.93. The molecule has 166 valence electrons. The lowest BCUT2D eigenvalue weighted by Gasteiger charge is -2.15. The number of halogens is 2. The second-order valence-corrected chi connectivity index (χ2v) is 7.80. The third kappa shape index (κ3) is 3.84. The van der Waals surface area contributed by atoms with Crippen LogP contribution in [-0.4, -0.2) is 38.7 Å². The van der Waals surface area contributed by atoms with Gasteiger partial charge in [0.15, 0.2) is 11.6 Å². The topological polar surface area (TPSA) is 60.2 Å². The van der Waals surface area contributed by atoms with E-state index in [1.54, 1.807) is 29.4 Å². The first kappa shape index (κ1) is 20.8. The van der Waals surface area contributed by atoms with Gasteiger partial charge in [-0.15, -0.1) is 0 Å². The lowest BCUT2D eigenvalue weighted by Crippen LogP contribution is -2.27. The molecule has 5 rings (SSSR count). The number of pyridine rings is 1.